The van der Waals surface area contributed by atoms with E-state index in [0.717, 1.165) is 11.1 Å². The lowest BCUT2D eigenvalue weighted by molar-refractivity contribution is -0.138. The van der Waals surface area contributed by atoms with E-state index in [4.69, 9.17) is 4.74 Å². The number of anilines is 1. The highest BCUT2D eigenvalue weighted by atomic mass is 16.5. The molecule has 5 N–H and O–H groups in total. The van der Waals surface area contributed by atoms with E-state index in [-0.39, 0.29) is 31.8 Å². The van der Waals surface area contributed by atoms with Crippen LogP contribution in [0.25, 0.3) is 11.1 Å². The summed E-state index contributed by atoms with van der Waals surface area (Å²) in [6.07, 6.45) is 0.184. The minimum absolute atomic E-state index is 0.107. The molecule has 3 aromatic carbocycles. The van der Waals surface area contributed by atoms with Crippen LogP contribution in [0, 0.1) is 0 Å². The SMILES string of the molecule is COc1ccc(NC(=O)NCCCC(=O)NCC(=O)NC(CC(=O)O)c2ccc(-c3ccccc3)cc2)cc1. The molecule has 0 saturated heterocycles. The Hall–Kier alpha value is -4.86. The largest absolute Gasteiger partial charge is 0.497 e. The Bertz CT molecular complexity index is 1250. The lowest BCUT2D eigenvalue weighted by Crippen LogP contribution is -2.39. The maximum Gasteiger partial charge on any atom is 0.319 e. The average Bonchev–Trinajstić information content (AvgIpc) is 2.94. The van der Waals surface area contributed by atoms with Gasteiger partial charge in [0.15, 0.2) is 0 Å². The van der Waals surface area contributed by atoms with E-state index < -0.39 is 23.9 Å². The Morgan fingerprint density at radius 2 is 1.49 bits per heavy atom. The standard InChI is InChI=1S/C29H32N4O6/c1-39-24-15-13-23(14-16-24)32-29(38)30-17-5-8-26(34)31-19-27(35)33-25(18-28(36)37)22-11-9-21(10-12-22)20-6-3-2-4-7-20/h2-4,6-7,9-16,25H,5,8,17-19H2,1H3,(H,31,34)(H,33,35)(H,36,37)(H2,30,32,38). The number of carbonyl (C=O) groups is 4. The third-order valence-electron chi connectivity index (χ3n) is 5.79. The van der Waals surface area contributed by atoms with E-state index in [1.807, 2.05) is 42.5 Å². The van der Waals surface area contributed by atoms with Gasteiger partial charge in [0.2, 0.25) is 11.8 Å². The van der Waals surface area contributed by atoms with Crippen molar-refractivity contribution in [2.45, 2.75) is 25.3 Å². The lowest BCUT2D eigenvalue weighted by atomic mass is 9.99. The van der Waals surface area contributed by atoms with Crippen molar-refractivity contribution in [1.82, 2.24) is 16.0 Å². The zero-order chi connectivity index (χ0) is 28.0. The molecule has 3 aromatic rings. The average molecular weight is 533 g/mol. The summed E-state index contributed by atoms with van der Waals surface area (Å²) < 4.78 is 5.07. The van der Waals surface area contributed by atoms with Crippen LogP contribution in [0.2, 0.25) is 0 Å². The first-order valence-corrected chi connectivity index (χ1v) is 12.5. The van der Waals surface area contributed by atoms with E-state index in [1.54, 1.807) is 43.5 Å². The van der Waals surface area contributed by atoms with Crippen LogP contribution >= 0.6 is 0 Å². The van der Waals surface area contributed by atoms with Crippen molar-refractivity contribution in [2.24, 2.45) is 0 Å². The maximum absolute atomic E-state index is 12.4. The highest BCUT2D eigenvalue weighted by molar-refractivity contribution is 5.89. The predicted octanol–water partition coefficient (Wildman–Crippen LogP) is 3.71. The zero-order valence-electron chi connectivity index (χ0n) is 21.6. The molecule has 0 fully saturated rings. The van der Waals surface area contributed by atoms with E-state index in [1.165, 1.54) is 0 Å². The van der Waals surface area contributed by atoms with Crippen LogP contribution in [0.1, 0.15) is 30.9 Å². The Balaban J connectivity index is 1.39. The molecule has 0 aliphatic carbocycles. The summed E-state index contributed by atoms with van der Waals surface area (Å²) >= 11 is 0. The summed E-state index contributed by atoms with van der Waals surface area (Å²) in [5, 5.41) is 19.9. The molecule has 39 heavy (non-hydrogen) atoms. The first-order valence-electron chi connectivity index (χ1n) is 12.5. The Kier molecular flexibility index (Phi) is 10.9. The number of amides is 4. The van der Waals surface area contributed by atoms with Gasteiger partial charge >= 0.3 is 12.0 Å². The second-order valence-corrected chi connectivity index (χ2v) is 8.70. The van der Waals surface area contributed by atoms with Crippen molar-refractivity contribution in [3.63, 3.8) is 0 Å². The van der Waals surface area contributed by atoms with Crippen LogP contribution in [0.4, 0.5) is 10.5 Å². The van der Waals surface area contributed by atoms with E-state index in [2.05, 4.69) is 21.3 Å². The van der Waals surface area contributed by atoms with E-state index in [0.29, 0.717) is 23.4 Å². The third-order valence-corrected chi connectivity index (χ3v) is 5.79. The number of hydrogen-bond donors (Lipinski definition) is 5. The van der Waals surface area contributed by atoms with Gasteiger partial charge in [0.1, 0.15) is 5.75 Å². The summed E-state index contributed by atoms with van der Waals surface area (Å²) in [6.45, 7) is -0.0241. The van der Waals surface area contributed by atoms with Crippen LogP contribution in [0.15, 0.2) is 78.9 Å². The fourth-order valence-corrected chi connectivity index (χ4v) is 3.78. The fourth-order valence-electron chi connectivity index (χ4n) is 3.78. The summed E-state index contributed by atoms with van der Waals surface area (Å²) in [7, 11) is 1.56. The number of carboxylic acids is 1. The topological polar surface area (TPSA) is 146 Å². The molecule has 1 unspecified atom stereocenters. The number of urea groups is 1. The fraction of sp³-hybridized carbons (Fsp3) is 0.241. The number of rotatable bonds is 13. The van der Waals surface area contributed by atoms with E-state index in [9.17, 15) is 24.3 Å². The van der Waals surface area contributed by atoms with Gasteiger partial charge in [-0.2, -0.15) is 0 Å². The Morgan fingerprint density at radius 3 is 2.13 bits per heavy atom. The number of ether oxygens (including phenoxy) is 1. The lowest BCUT2D eigenvalue weighted by Gasteiger charge is -2.18. The first kappa shape index (κ1) is 28.7. The molecule has 0 aromatic heterocycles. The molecule has 1 atom stereocenters. The second-order valence-electron chi connectivity index (χ2n) is 8.70. The molecule has 10 nitrogen and oxygen atoms in total. The molecule has 4 amide bonds. The molecule has 0 radical (unpaired) electrons. The van der Waals surface area contributed by atoms with Crippen LogP contribution in [0.3, 0.4) is 0 Å². The molecule has 3 rings (SSSR count). The summed E-state index contributed by atoms with van der Waals surface area (Å²) in [6, 6.07) is 22.8. The smallest absolute Gasteiger partial charge is 0.319 e. The van der Waals surface area contributed by atoms with Crippen molar-refractivity contribution in [1.29, 1.82) is 0 Å². The van der Waals surface area contributed by atoms with Crippen molar-refractivity contribution < 1.29 is 29.0 Å². The maximum atomic E-state index is 12.4. The number of carbonyl (C=O) groups excluding carboxylic acids is 3. The predicted molar refractivity (Wildman–Crippen MR) is 147 cm³/mol. The monoisotopic (exact) mass is 532 g/mol. The zero-order valence-corrected chi connectivity index (χ0v) is 21.6. The highest BCUT2D eigenvalue weighted by Gasteiger charge is 2.18. The Morgan fingerprint density at radius 1 is 0.821 bits per heavy atom. The normalized spacial score (nSPS) is 11.1. The third kappa shape index (κ3) is 9.84. The van der Waals surface area contributed by atoms with Crippen LogP contribution in [-0.2, 0) is 14.4 Å². The van der Waals surface area contributed by atoms with Crippen LogP contribution in [0.5, 0.6) is 5.75 Å². The molecular weight excluding hydrogens is 500 g/mol. The van der Waals surface area contributed by atoms with Gasteiger partial charge in [-0.3, -0.25) is 14.4 Å². The van der Waals surface area contributed by atoms with Crippen LogP contribution < -0.4 is 26.0 Å². The molecule has 204 valence electrons. The van der Waals surface area contributed by atoms with Gasteiger partial charge < -0.3 is 31.1 Å². The van der Waals surface area contributed by atoms with Gasteiger partial charge in [0, 0.05) is 18.7 Å². The summed E-state index contributed by atoms with van der Waals surface area (Å²) in [4.78, 5) is 47.9. The Labute approximate surface area is 226 Å². The van der Waals surface area contributed by atoms with Gasteiger partial charge in [0.25, 0.3) is 0 Å². The number of hydrogen-bond acceptors (Lipinski definition) is 5. The minimum atomic E-state index is -1.06. The van der Waals surface area contributed by atoms with Gasteiger partial charge in [-0.1, -0.05) is 54.6 Å². The molecule has 0 spiro atoms. The molecular formula is C29H32N4O6. The van der Waals surface area contributed by atoms with Crippen molar-refractivity contribution in [3.8, 4) is 16.9 Å². The van der Waals surface area contributed by atoms with Crippen LogP contribution in [-0.4, -0.2) is 49.1 Å². The number of benzene rings is 3. The number of nitrogens with one attached hydrogen (secondary N) is 4. The summed E-state index contributed by atoms with van der Waals surface area (Å²) in [5.74, 6) is -1.24. The minimum Gasteiger partial charge on any atom is -0.497 e. The van der Waals surface area contributed by atoms with Gasteiger partial charge in [-0.25, -0.2) is 4.79 Å². The van der Waals surface area contributed by atoms with Gasteiger partial charge in [-0.15, -0.1) is 0 Å². The van der Waals surface area contributed by atoms with Crippen molar-refractivity contribution in [2.75, 3.05) is 25.5 Å². The molecule has 0 saturated carbocycles. The molecule has 0 heterocycles. The molecule has 10 heteroatoms. The number of methoxy groups -OCH3 is 1. The quantitative estimate of drug-likeness (QED) is 0.212. The molecule has 0 bridgehead atoms. The van der Waals surface area contributed by atoms with Gasteiger partial charge in [0.05, 0.1) is 26.1 Å². The highest BCUT2D eigenvalue weighted by Crippen LogP contribution is 2.23. The van der Waals surface area contributed by atoms with Crippen molar-refractivity contribution in [3.05, 3.63) is 84.4 Å². The molecule has 0 aliphatic rings. The van der Waals surface area contributed by atoms with Crippen molar-refractivity contribution >= 4 is 29.5 Å². The number of aliphatic carboxylic acids is 1. The summed E-state index contributed by atoms with van der Waals surface area (Å²) in [5.41, 5.74) is 3.25. The van der Waals surface area contributed by atoms with E-state index >= 15 is 0 Å². The molecule has 0 aliphatic heterocycles. The number of carboxylic acid groups (broad SMARTS) is 1. The first-order chi connectivity index (χ1) is 18.8. The second kappa shape index (κ2) is 14.8. The van der Waals surface area contributed by atoms with Gasteiger partial charge in [-0.05, 0) is 47.4 Å².